The lowest BCUT2D eigenvalue weighted by Gasteiger charge is -1.94. The Hall–Kier alpha value is -0.470. The third-order valence-electron chi connectivity index (χ3n) is 1.56. The zero-order valence-electron chi connectivity index (χ0n) is 7.00. The molecule has 0 bridgehead atoms. The maximum absolute atomic E-state index is 3.11. The van der Waals surface area contributed by atoms with E-state index < -0.39 is 0 Å². The molecule has 64 valence electrons. The molecule has 0 radical (unpaired) electrons. The van der Waals surface area contributed by atoms with E-state index in [1.807, 2.05) is 7.05 Å². The minimum Gasteiger partial charge on any atom is -0.354 e. The maximum Gasteiger partial charge on any atom is 0.0217 e. The lowest BCUT2D eigenvalue weighted by atomic mass is 10.3. The second-order valence-electron chi connectivity index (χ2n) is 2.38. The summed E-state index contributed by atoms with van der Waals surface area (Å²) in [6.07, 6.45) is 4.27. The van der Waals surface area contributed by atoms with Crippen molar-refractivity contribution in [2.45, 2.75) is 20.0 Å². The molecule has 0 aliphatic heterocycles. The summed E-state index contributed by atoms with van der Waals surface area (Å²) in [5.41, 5.74) is 1.35. The van der Waals surface area contributed by atoms with Crippen molar-refractivity contribution in [3.8, 4) is 0 Å². The van der Waals surface area contributed by atoms with Gasteiger partial charge in [-0.25, -0.2) is 0 Å². The van der Waals surface area contributed by atoms with Crippen molar-refractivity contribution in [3.63, 3.8) is 0 Å². The van der Waals surface area contributed by atoms with Crippen LogP contribution in [0.25, 0.3) is 0 Å². The van der Waals surface area contributed by atoms with Crippen LogP contribution in [0.4, 0.5) is 0 Å². The molecule has 0 spiro atoms. The minimum absolute atomic E-state index is 0. The highest BCUT2D eigenvalue weighted by atomic mass is 35.5. The molecule has 1 aromatic heterocycles. The Morgan fingerprint density at radius 2 is 2.27 bits per heavy atom. The fourth-order valence-electron chi connectivity index (χ4n) is 0.996. The molecular weight excluding hydrogens is 160 g/mol. The fraction of sp³-hybridized carbons (Fsp3) is 0.500. The Labute approximate surface area is 74.0 Å². The van der Waals surface area contributed by atoms with Crippen LogP contribution in [0.2, 0.25) is 0 Å². The molecule has 0 fully saturated rings. The molecule has 0 amide bonds. The monoisotopic (exact) mass is 174 g/mol. The quantitative estimate of drug-likeness (QED) is 0.738. The van der Waals surface area contributed by atoms with Crippen LogP contribution in [-0.4, -0.2) is 11.6 Å². The molecule has 0 unspecified atom stereocenters. The molecule has 1 heterocycles. The standard InChI is InChI=1S/C8H14N2.ClH/c1-3-10-5-4-8(7-10)6-9-2;/h4-5,7,9H,3,6H2,1-2H3;1H. The van der Waals surface area contributed by atoms with Gasteiger partial charge in [-0.3, -0.25) is 0 Å². The first-order valence-corrected chi connectivity index (χ1v) is 3.66. The van der Waals surface area contributed by atoms with Gasteiger partial charge < -0.3 is 9.88 Å². The molecule has 3 heteroatoms. The van der Waals surface area contributed by atoms with Crippen molar-refractivity contribution in [2.75, 3.05) is 7.05 Å². The van der Waals surface area contributed by atoms with Crippen LogP contribution in [-0.2, 0) is 13.1 Å². The van der Waals surface area contributed by atoms with E-state index in [4.69, 9.17) is 0 Å². The maximum atomic E-state index is 3.11. The molecule has 0 atom stereocenters. The van der Waals surface area contributed by atoms with E-state index in [1.165, 1.54) is 5.56 Å². The highest BCUT2D eigenvalue weighted by molar-refractivity contribution is 5.85. The smallest absolute Gasteiger partial charge is 0.0217 e. The first kappa shape index (κ1) is 10.5. The van der Waals surface area contributed by atoms with Crippen molar-refractivity contribution in [2.24, 2.45) is 0 Å². The van der Waals surface area contributed by atoms with E-state index in [1.54, 1.807) is 0 Å². The second kappa shape index (κ2) is 5.22. The van der Waals surface area contributed by atoms with Crippen molar-refractivity contribution in [1.29, 1.82) is 0 Å². The van der Waals surface area contributed by atoms with Crippen molar-refractivity contribution < 1.29 is 0 Å². The molecule has 11 heavy (non-hydrogen) atoms. The number of aryl methyl sites for hydroxylation is 1. The van der Waals surface area contributed by atoms with Gasteiger partial charge in [0, 0.05) is 25.5 Å². The van der Waals surface area contributed by atoms with Gasteiger partial charge in [-0.2, -0.15) is 0 Å². The molecule has 0 aromatic carbocycles. The van der Waals surface area contributed by atoms with Gasteiger partial charge in [-0.05, 0) is 25.6 Å². The lowest BCUT2D eigenvalue weighted by Crippen LogP contribution is -2.03. The number of nitrogens with one attached hydrogen (secondary N) is 1. The Kier molecular flexibility index (Phi) is 4.99. The van der Waals surface area contributed by atoms with E-state index in [-0.39, 0.29) is 12.4 Å². The Morgan fingerprint density at radius 1 is 1.55 bits per heavy atom. The lowest BCUT2D eigenvalue weighted by molar-refractivity contribution is 0.756. The normalized spacial score (nSPS) is 9.27. The van der Waals surface area contributed by atoms with Crippen molar-refractivity contribution in [3.05, 3.63) is 24.0 Å². The van der Waals surface area contributed by atoms with Gasteiger partial charge in [0.1, 0.15) is 0 Å². The van der Waals surface area contributed by atoms with Gasteiger partial charge in [0.25, 0.3) is 0 Å². The van der Waals surface area contributed by atoms with Crippen molar-refractivity contribution in [1.82, 2.24) is 9.88 Å². The Bertz CT molecular complexity index is 196. The minimum atomic E-state index is 0. The van der Waals surface area contributed by atoms with Gasteiger partial charge in [-0.15, -0.1) is 12.4 Å². The number of hydrogen-bond donors (Lipinski definition) is 1. The molecule has 1 aromatic rings. The van der Waals surface area contributed by atoms with Crippen LogP contribution >= 0.6 is 12.4 Å². The Morgan fingerprint density at radius 3 is 2.73 bits per heavy atom. The van der Waals surface area contributed by atoms with Crippen molar-refractivity contribution >= 4 is 12.4 Å². The van der Waals surface area contributed by atoms with Gasteiger partial charge in [-0.1, -0.05) is 0 Å². The van der Waals surface area contributed by atoms with E-state index >= 15 is 0 Å². The summed E-state index contributed by atoms with van der Waals surface area (Å²) in [6.45, 7) is 4.17. The highest BCUT2D eigenvalue weighted by Gasteiger charge is 1.91. The summed E-state index contributed by atoms with van der Waals surface area (Å²) >= 11 is 0. The van der Waals surface area contributed by atoms with Crippen LogP contribution in [0.15, 0.2) is 18.5 Å². The number of nitrogens with zero attached hydrogens (tertiary/aromatic N) is 1. The van der Waals surface area contributed by atoms with Crippen LogP contribution < -0.4 is 5.32 Å². The van der Waals surface area contributed by atoms with Crippen LogP contribution in [0.5, 0.6) is 0 Å². The predicted molar refractivity (Wildman–Crippen MR) is 50.1 cm³/mol. The van der Waals surface area contributed by atoms with E-state index in [0.717, 1.165) is 13.1 Å². The topological polar surface area (TPSA) is 17.0 Å². The predicted octanol–water partition coefficient (Wildman–Crippen LogP) is 1.65. The zero-order valence-corrected chi connectivity index (χ0v) is 7.82. The third kappa shape index (κ3) is 2.95. The molecule has 0 saturated carbocycles. The average molecular weight is 175 g/mol. The first-order chi connectivity index (χ1) is 4.86. The van der Waals surface area contributed by atoms with Crippen LogP contribution in [0.1, 0.15) is 12.5 Å². The average Bonchev–Trinajstić information content (AvgIpc) is 2.37. The molecule has 1 N–H and O–H groups in total. The third-order valence-corrected chi connectivity index (χ3v) is 1.56. The number of rotatable bonds is 3. The van der Waals surface area contributed by atoms with Gasteiger partial charge in [0.2, 0.25) is 0 Å². The van der Waals surface area contributed by atoms with Crippen LogP contribution in [0, 0.1) is 0 Å². The molecule has 0 saturated heterocycles. The van der Waals surface area contributed by atoms with Gasteiger partial charge in [0.05, 0.1) is 0 Å². The molecule has 1 rings (SSSR count). The largest absolute Gasteiger partial charge is 0.354 e. The van der Waals surface area contributed by atoms with E-state index in [9.17, 15) is 0 Å². The number of halogens is 1. The summed E-state index contributed by atoms with van der Waals surface area (Å²) in [6, 6.07) is 2.14. The molecular formula is C8H15ClN2. The summed E-state index contributed by atoms with van der Waals surface area (Å²) < 4.78 is 2.17. The SMILES string of the molecule is CCn1ccc(CNC)c1.Cl. The molecule has 0 aliphatic rings. The molecule has 0 aliphatic carbocycles. The highest BCUT2D eigenvalue weighted by Crippen LogP contribution is 1.99. The van der Waals surface area contributed by atoms with E-state index in [0.29, 0.717) is 0 Å². The molecule has 2 nitrogen and oxygen atoms in total. The summed E-state index contributed by atoms with van der Waals surface area (Å²) in [4.78, 5) is 0. The van der Waals surface area contributed by atoms with Crippen LogP contribution in [0.3, 0.4) is 0 Å². The van der Waals surface area contributed by atoms with Gasteiger partial charge >= 0.3 is 0 Å². The number of hydrogen-bond acceptors (Lipinski definition) is 1. The fourth-order valence-corrected chi connectivity index (χ4v) is 0.996. The zero-order chi connectivity index (χ0) is 7.40. The summed E-state index contributed by atoms with van der Waals surface area (Å²) in [5.74, 6) is 0. The van der Waals surface area contributed by atoms with Gasteiger partial charge in [0.15, 0.2) is 0 Å². The summed E-state index contributed by atoms with van der Waals surface area (Å²) in [5, 5.41) is 3.11. The Balaban J connectivity index is 0.000001000. The summed E-state index contributed by atoms with van der Waals surface area (Å²) in [7, 11) is 1.96. The van der Waals surface area contributed by atoms with E-state index in [2.05, 4.69) is 35.3 Å². The first-order valence-electron chi connectivity index (χ1n) is 3.66. The number of aromatic nitrogens is 1. The second-order valence-corrected chi connectivity index (χ2v) is 2.38.